The van der Waals surface area contributed by atoms with Gasteiger partial charge in [0.05, 0.1) is 34.9 Å². The first-order valence-electron chi connectivity index (χ1n) is 10.4. The summed E-state index contributed by atoms with van der Waals surface area (Å²) in [5, 5.41) is 7.10. The van der Waals surface area contributed by atoms with Crippen LogP contribution in [0.25, 0.3) is 11.0 Å². The lowest BCUT2D eigenvalue weighted by molar-refractivity contribution is -0.0507. The molecule has 0 saturated heterocycles. The zero-order chi connectivity index (χ0) is 22.7. The van der Waals surface area contributed by atoms with Gasteiger partial charge in [0.25, 0.3) is 5.91 Å². The maximum atomic E-state index is 13.1. The monoisotopic (exact) mass is 445 g/mol. The van der Waals surface area contributed by atoms with Gasteiger partial charge in [-0.25, -0.2) is 4.98 Å². The Labute approximate surface area is 187 Å². The molecule has 7 nitrogen and oxygen atoms in total. The summed E-state index contributed by atoms with van der Waals surface area (Å²) in [6.45, 7) is -2.99. The fraction of sp³-hybridized carbons (Fsp3) is 0.208. The van der Waals surface area contributed by atoms with Crippen molar-refractivity contribution in [1.29, 1.82) is 0 Å². The quantitative estimate of drug-likeness (QED) is 0.479. The number of nitrogens with zero attached hydrogens (tertiary/aromatic N) is 4. The normalized spacial score (nSPS) is 18.4. The van der Waals surface area contributed by atoms with Crippen LogP contribution in [0.3, 0.4) is 0 Å². The van der Waals surface area contributed by atoms with Gasteiger partial charge in [0, 0.05) is 29.9 Å². The third-order valence-electron chi connectivity index (χ3n) is 6.02. The van der Waals surface area contributed by atoms with Crippen LogP contribution in [0.4, 0.5) is 8.78 Å². The highest BCUT2D eigenvalue weighted by atomic mass is 19.3. The van der Waals surface area contributed by atoms with Crippen LogP contribution < -0.4 is 10.1 Å². The molecule has 4 aromatic rings. The van der Waals surface area contributed by atoms with E-state index in [-0.39, 0.29) is 23.7 Å². The number of rotatable bonds is 2. The molecule has 0 aliphatic carbocycles. The van der Waals surface area contributed by atoms with Crippen molar-refractivity contribution in [2.24, 2.45) is 7.05 Å². The van der Waals surface area contributed by atoms with Gasteiger partial charge in [-0.15, -0.1) is 0 Å². The molecule has 0 radical (unpaired) electrons. The number of amides is 1. The van der Waals surface area contributed by atoms with E-state index >= 15 is 0 Å². The molecule has 33 heavy (non-hydrogen) atoms. The Morgan fingerprint density at radius 3 is 2.85 bits per heavy atom. The lowest BCUT2D eigenvalue weighted by Crippen LogP contribution is -2.28. The van der Waals surface area contributed by atoms with Crippen molar-refractivity contribution < 1.29 is 18.3 Å². The van der Waals surface area contributed by atoms with Gasteiger partial charge in [-0.3, -0.25) is 9.48 Å². The molecule has 2 bridgehead atoms. The highest BCUT2D eigenvalue weighted by Gasteiger charge is 2.42. The molecule has 1 N–H and O–H groups in total. The molecule has 2 atom stereocenters. The van der Waals surface area contributed by atoms with E-state index in [0.717, 1.165) is 22.2 Å². The van der Waals surface area contributed by atoms with Crippen LogP contribution >= 0.6 is 0 Å². The molecule has 164 valence electrons. The number of halogens is 2. The standard InChI is InChI=1S/C24H17F2N5O2/c1-30-12-14(11-27-30)6-5-13-7-8-16-18(9-13)31-19-10-17(22(31)28-16)29-23(32)15-3-2-4-20(21(15)19)33-24(25)26/h2-4,7-9,11-12,17,19,24H,10H2,1H3,(H,29,32)/t17-,19?/m1/s1. The molecule has 2 aromatic carbocycles. The number of alkyl halides is 2. The molecule has 2 aliphatic heterocycles. The van der Waals surface area contributed by atoms with Gasteiger partial charge < -0.3 is 14.6 Å². The molecule has 0 saturated carbocycles. The molecular formula is C24H17F2N5O2. The Hall–Kier alpha value is -4.19. The van der Waals surface area contributed by atoms with Crippen molar-refractivity contribution in [2.75, 3.05) is 0 Å². The number of carbonyl (C=O) groups excluding carboxylic acids is 1. The van der Waals surface area contributed by atoms with Crippen LogP contribution in [0.5, 0.6) is 5.75 Å². The maximum Gasteiger partial charge on any atom is 0.387 e. The van der Waals surface area contributed by atoms with Gasteiger partial charge in [0.1, 0.15) is 11.6 Å². The number of benzene rings is 2. The summed E-state index contributed by atoms with van der Waals surface area (Å²) in [6, 6.07) is 9.65. The van der Waals surface area contributed by atoms with Crippen molar-refractivity contribution in [3.8, 4) is 17.6 Å². The third-order valence-corrected chi connectivity index (χ3v) is 6.02. The van der Waals surface area contributed by atoms with Crippen LogP contribution in [0.15, 0.2) is 48.8 Å². The summed E-state index contributed by atoms with van der Waals surface area (Å²) in [4.78, 5) is 17.6. The van der Waals surface area contributed by atoms with Gasteiger partial charge in [0.15, 0.2) is 0 Å². The number of nitrogens with one attached hydrogen (secondary N) is 1. The zero-order valence-electron chi connectivity index (χ0n) is 17.4. The van der Waals surface area contributed by atoms with E-state index in [1.165, 1.54) is 6.07 Å². The third kappa shape index (κ3) is 3.14. The van der Waals surface area contributed by atoms with E-state index in [1.54, 1.807) is 23.0 Å². The number of carbonyl (C=O) groups is 1. The fourth-order valence-corrected chi connectivity index (χ4v) is 4.72. The lowest BCUT2D eigenvalue weighted by Gasteiger charge is -2.21. The average Bonchev–Trinajstić information content (AvgIpc) is 3.43. The summed E-state index contributed by atoms with van der Waals surface area (Å²) in [5.41, 5.74) is 3.94. The Kier molecular flexibility index (Phi) is 4.23. The van der Waals surface area contributed by atoms with Crippen molar-refractivity contribution in [3.63, 3.8) is 0 Å². The molecule has 9 heteroatoms. The number of aryl methyl sites for hydroxylation is 1. The topological polar surface area (TPSA) is 74.0 Å². The van der Waals surface area contributed by atoms with Crippen molar-refractivity contribution >= 4 is 16.9 Å². The SMILES string of the molecule is Cn1cc(C#Cc2ccc3nc4n(c3c2)C2C[C@H]4NC(=O)c3cccc(OC(F)F)c32)cn1. The highest BCUT2D eigenvalue weighted by Crippen LogP contribution is 2.47. The summed E-state index contributed by atoms with van der Waals surface area (Å²) in [6.07, 6.45) is 4.03. The van der Waals surface area contributed by atoms with Crippen LogP contribution in [-0.4, -0.2) is 31.9 Å². The van der Waals surface area contributed by atoms with E-state index in [4.69, 9.17) is 9.72 Å². The molecule has 2 aromatic heterocycles. The molecule has 1 amide bonds. The first-order chi connectivity index (χ1) is 16.0. The number of aromatic nitrogens is 4. The minimum absolute atomic E-state index is 0.00511. The summed E-state index contributed by atoms with van der Waals surface area (Å²) < 4.78 is 34.8. The smallest absolute Gasteiger partial charge is 0.387 e. The number of imidazole rings is 1. The summed E-state index contributed by atoms with van der Waals surface area (Å²) >= 11 is 0. The Bertz CT molecular complexity index is 1490. The van der Waals surface area contributed by atoms with Crippen LogP contribution in [0.2, 0.25) is 0 Å². The number of hydrogen-bond acceptors (Lipinski definition) is 4. The maximum absolute atomic E-state index is 13.1. The summed E-state index contributed by atoms with van der Waals surface area (Å²) in [5.74, 6) is 6.61. The van der Waals surface area contributed by atoms with Crippen molar-refractivity contribution in [2.45, 2.75) is 25.1 Å². The fourth-order valence-electron chi connectivity index (χ4n) is 4.72. The predicted octanol–water partition coefficient (Wildman–Crippen LogP) is 3.55. The minimum atomic E-state index is -2.99. The molecule has 6 rings (SSSR count). The largest absolute Gasteiger partial charge is 0.434 e. The second-order valence-corrected chi connectivity index (χ2v) is 8.07. The van der Waals surface area contributed by atoms with Gasteiger partial charge in [-0.1, -0.05) is 17.9 Å². The van der Waals surface area contributed by atoms with E-state index < -0.39 is 6.61 Å². The van der Waals surface area contributed by atoms with Crippen LogP contribution in [-0.2, 0) is 7.05 Å². The lowest BCUT2D eigenvalue weighted by atomic mass is 9.97. The molecule has 0 spiro atoms. The molecule has 0 fully saturated rings. The second kappa shape index (κ2) is 7.17. The van der Waals surface area contributed by atoms with Gasteiger partial charge in [0.2, 0.25) is 0 Å². The van der Waals surface area contributed by atoms with E-state index in [2.05, 4.69) is 22.3 Å². The molecule has 2 aliphatic rings. The molecule has 4 heterocycles. The Balaban J connectivity index is 1.50. The first-order valence-corrected chi connectivity index (χ1v) is 10.4. The molecule has 1 unspecified atom stereocenters. The van der Waals surface area contributed by atoms with Crippen LogP contribution in [0.1, 0.15) is 51.4 Å². The Morgan fingerprint density at radius 1 is 1.21 bits per heavy atom. The van der Waals surface area contributed by atoms with Crippen molar-refractivity contribution in [1.82, 2.24) is 24.6 Å². The second-order valence-electron chi connectivity index (χ2n) is 8.07. The first kappa shape index (κ1) is 19.5. The zero-order valence-corrected chi connectivity index (χ0v) is 17.4. The number of ether oxygens (including phenoxy) is 1. The molecular weight excluding hydrogens is 428 g/mol. The van der Waals surface area contributed by atoms with E-state index in [9.17, 15) is 13.6 Å². The number of hydrogen-bond donors (Lipinski definition) is 1. The number of fused-ring (bicyclic) bond motifs is 9. The van der Waals surface area contributed by atoms with E-state index in [1.807, 2.05) is 36.0 Å². The summed E-state index contributed by atoms with van der Waals surface area (Å²) in [7, 11) is 1.83. The Morgan fingerprint density at radius 2 is 2.06 bits per heavy atom. The highest BCUT2D eigenvalue weighted by molar-refractivity contribution is 5.98. The minimum Gasteiger partial charge on any atom is -0.434 e. The van der Waals surface area contributed by atoms with E-state index in [0.29, 0.717) is 23.4 Å². The van der Waals surface area contributed by atoms with Gasteiger partial charge in [-0.05, 0) is 36.8 Å². The van der Waals surface area contributed by atoms with Gasteiger partial charge in [-0.2, -0.15) is 13.9 Å². The van der Waals surface area contributed by atoms with Crippen LogP contribution in [0, 0.1) is 11.8 Å². The van der Waals surface area contributed by atoms with Gasteiger partial charge >= 0.3 is 6.61 Å². The predicted molar refractivity (Wildman–Crippen MR) is 115 cm³/mol. The average molecular weight is 445 g/mol. The van der Waals surface area contributed by atoms with Crippen molar-refractivity contribution in [3.05, 3.63) is 76.9 Å².